The van der Waals surface area contributed by atoms with E-state index in [0.717, 1.165) is 31.6 Å². The highest BCUT2D eigenvalue weighted by Crippen LogP contribution is 2.10. The topological polar surface area (TPSA) is 58.4 Å². The van der Waals surface area contributed by atoms with E-state index in [4.69, 9.17) is 0 Å². The number of nitrogens with one attached hydrogen (secondary N) is 2. The van der Waals surface area contributed by atoms with Crippen LogP contribution in [-0.2, 0) is 0 Å². The minimum Gasteiger partial charge on any atom is -0.352 e. The van der Waals surface area contributed by atoms with E-state index < -0.39 is 0 Å². The first-order valence-electron chi connectivity index (χ1n) is 6.26. The third kappa shape index (κ3) is 2.09. The molecule has 0 bridgehead atoms. The van der Waals surface area contributed by atoms with Crippen LogP contribution in [0.15, 0.2) is 30.6 Å². The average molecular weight is 244 g/mol. The normalized spacial score (nSPS) is 19.2. The van der Waals surface area contributed by atoms with Crippen molar-refractivity contribution in [2.45, 2.75) is 6.42 Å². The second kappa shape index (κ2) is 4.78. The standard InChI is InChI=1S/C13H16N4O/c18-13(15-8-10-4-5-14-7-10)11-9-16-17-6-2-1-3-12(11)17/h1-3,6,9-10,14H,4-5,7-8H2,(H,15,18). The van der Waals surface area contributed by atoms with Crippen LogP contribution in [-0.4, -0.2) is 35.2 Å². The van der Waals surface area contributed by atoms with Gasteiger partial charge in [-0.05, 0) is 37.6 Å². The number of carbonyl (C=O) groups excluding carboxylic acids is 1. The number of amides is 1. The van der Waals surface area contributed by atoms with Gasteiger partial charge in [-0.15, -0.1) is 0 Å². The van der Waals surface area contributed by atoms with Crippen molar-refractivity contribution in [1.82, 2.24) is 20.2 Å². The fourth-order valence-electron chi connectivity index (χ4n) is 2.33. The van der Waals surface area contributed by atoms with Crippen LogP contribution in [0.3, 0.4) is 0 Å². The van der Waals surface area contributed by atoms with E-state index in [2.05, 4.69) is 15.7 Å². The SMILES string of the molecule is O=C(NCC1CCNC1)c1cnn2ccccc12. The van der Waals surface area contributed by atoms with Gasteiger partial charge >= 0.3 is 0 Å². The highest BCUT2D eigenvalue weighted by Gasteiger charge is 2.17. The predicted molar refractivity (Wildman–Crippen MR) is 68.5 cm³/mol. The molecule has 0 aromatic carbocycles. The molecule has 18 heavy (non-hydrogen) atoms. The zero-order chi connectivity index (χ0) is 12.4. The Morgan fingerprint density at radius 3 is 3.33 bits per heavy atom. The summed E-state index contributed by atoms with van der Waals surface area (Å²) in [5, 5.41) is 10.4. The number of hydrogen-bond acceptors (Lipinski definition) is 3. The second-order valence-corrected chi connectivity index (χ2v) is 4.66. The highest BCUT2D eigenvalue weighted by atomic mass is 16.1. The van der Waals surface area contributed by atoms with Gasteiger partial charge in [0.1, 0.15) is 0 Å². The number of aromatic nitrogens is 2. The van der Waals surface area contributed by atoms with Crippen molar-refractivity contribution in [2.24, 2.45) is 5.92 Å². The summed E-state index contributed by atoms with van der Waals surface area (Å²) in [6.07, 6.45) is 4.60. The van der Waals surface area contributed by atoms with Crippen LogP contribution in [0.4, 0.5) is 0 Å². The zero-order valence-corrected chi connectivity index (χ0v) is 10.1. The van der Waals surface area contributed by atoms with Crippen molar-refractivity contribution in [3.8, 4) is 0 Å². The molecule has 2 N–H and O–H groups in total. The molecule has 3 heterocycles. The summed E-state index contributed by atoms with van der Waals surface area (Å²) >= 11 is 0. The van der Waals surface area contributed by atoms with E-state index in [1.54, 1.807) is 10.7 Å². The van der Waals surface area contributed by atoms with Crippen LogP contribution in [0.2, 0.25) is 0 Å². The average Bonchev–Trinajstić information content (AvgIpc) is 3.05. The lowest BCUT2D eigenvalue weighted by Gasteiger charge is -2.09. The summed E-state index contributed by atoms with van der Waals surface area (Å²) in [6, 6.07) is 5.71. The third-order valence-corrected chi connectivity index (χ3v) is 3.38. The number of nitrogens with zero attached hydrogens (tertiary/aromatic N) is 2. The number of fused-ring (bicyclic) bond motifs is 1. The number of pyridine rings is 1. The summed E-state index contributed by atoms with van der Waals surface area (Å²) in [7, 11) is 0. The molecule has 2 aromatic heterocycles. The van der Waals surface area contributed by atoms with E-state index in [1.807, 2.05) is 24.4 Å². The molecule has 1 aliphatic heterocycles. The van der Waals surface area contributed by atoms with E-state index in [-0.39, 0.29) is 5.91 Å². The van der Waals surface area contributed by atoms with Gasteiger partial charge in [0.15, 0.2) is 0 Å². The Bertz CT molecular complexity index is 557. The van der Waals surface area contributed by atoms with Crippen LogP contribution in [0, 0.1) is 5.92 Å². The molecule has 0 spiro atoms. The van der Waals surface area contributed by atoms with Gasteiger partial charge in [-0.25, -0.2) is 4.52 Å². The predicted octanol–water partition coefficient (Wildman–Crippen LogP) is 0.674. The Hall–Kier alpha value is -1.88. The van der Waals surface area contributed by atoms with Crippen molar-refractivity contribution in [2.75, 3.05) is 19.6 Å². The minimum absolute atomic E-state index is 0.0388. The van der Waals surface area contributed by atoms with Gasteiger partial charge in [0.25, 0.3) is 5.91 Å². The summed E-state index contributed by atoms with van der Waals surface area (Å²) in [4.78, 5) is 12.1. The zero-order valence-electron chi connectivity index (χ0n) is 10.1. The second-order valence-electron chi connectivity index (χ2n) is 4.66. The first-order valence-corrected chi connectivity index (χ1v) is 6.26. The fourth-order valence-corrected chi connectivity index (χ4v) is 2.33. The maximum absolute atomic E-state index is 12.1. The Morgan fingerprint density at radius 1 is 1.56 bits per heavy atom. The van der Waals surface area contributed by atoms with E-state index in [9.17, 15) is 4.79 Å². The van der Waals surface area contributed by atoms with Crippen molar-refractivity contribution >= 4 is 11.4 Å². The molecule has 3 rings (SSSR count). The molecular formula is C13H16N4O. The summed E-state index contributed by atoms with van der Waals surface area (Å²) in [5.74, 6) is 0.513. The highest BCUT2D eigenvalue weighted by molar-refractivity contribution is 6.00. The van der Waals surface area contributed by atoms with Gasteiger partial charge in [-0.3, -0.25) is 4.79 Å². The van der Waals surface area contributed by atoms with E-state index in [1.165, 1.54) is 0 Å². The van der Waals surface area contributed by atoms with Gasteiger partial charge < -0.3 is 10.6 Å². The van der Waals surface area contributed by atoms with Crippen LogP contribution in [0.5, 0.6) is 0 Å². The first-order chi connectivity index (χ1) is 8.84. The lowest BCUT2D eigenvalue weighted by atomic mass is 10.1. The fraction of sp³-hybridized carbons (Fsp3) is 0.385. The first kappa shape index (κ1) is 11.2. The van der Waals surface area contributed by atoms with Crippen LogP contribution in [0.1, 0.15) is 16.8 Å². The van der Waals surface area contributed by atoms with Crippen LogP contribution in [0.25, 0.3) is 5.52 Å². The number of hydrogen-bond donors (Lipinski definition) is 2. The molecule has 5 nitrogen and oxygen atoms in total. The summed E-state index contributed by atoms with van der Waals surface area (Å²) < 4.78 is 1.71. The van der Waals surface area contributed by atoms with Crippen LogP contribution >= 0.6 is 0 Å². The Labute approximate surface area is 105 Å². The molecule has 5 heteroatoms. The minimum atomic E-state index is -0.0388. The largest absolute Gasteiger partial charge is 0.352 e. The molecule has 1 unspecified atom stereocenters. The summed E-state index contributed by atoms with van der Waals surface area (Å²) in [6.45, 7) is 2.78. The van der Waals surface area contributed by atoms with Crippen molar-refractivity contribution in [3.05, 3.63) is 36.2 Å². The molecule has 1 amide bonds. The third-order valence-electron chi connectivity index (χ3n) is 3.38. The molecule has 2 aromatic rings. The lowest BCUT2D eigenvalue weighted by molar-refractivity contribution is 0.0950. The molecule has 0 saturated carbocycles. The number of rotatable bonds is 3. The Morgan fingerprint density at radius 2 is 2.50 bits per heavy atom. The van der Waals surface area contributed by atoms with Gasteiger partial charge in [-0.1, -0.05) is 6.07 Å². The lowest BCUT2D eigenvalue weighted by Crippen LogP contribution is -2.30. The molecule has 1 atom stereocenters. The van der Waals surface area contributed by atoms with Crippen molar-refractivity contribution < 1.29 is 4.79 Å². The van der Waals surface area contributed by atoms with Crippen LogP contribution < -0.4 is 10.6 Å². The molecular weight excluding hydrogens is 228 g/mol. The van der Waals surface area contributed by atoms with E-state index in [0.29, 0.717) is 11.5 Å². The summed E-state index contributed by atoms with van der Waals surface area (Å²) in [5.41, 5.74) is 1.49. The Balaban J connectivity index is 1.71. The van der Waals surface area contributed by atoms with Crippen molar-refractivity contribution in [1.29, 1.82) is 0 Å². The van der Waals surface area contributed by atoms with Gasteiger partial charge in [0, 0.05) is 12.7 Å². The van der Waals surface area contributed by atoms with Gasteiger partial charge in [0.05, 0.1) is 17.3 Å². The smallest absolute Gasteiger partial charge is 0.255 e. The molecule has 1 aliphatic rings. The molecule has 1 fully saturated rings. The van der Waals surface area contributed by atoms with Crippen molar-refractivity contribution in [3.63, 3.8) is 0 Å². The van der Waals surface area contributed by atoms with Gasteiger partial charge in [-0.2, -0.15) is 5.10 Å². The molecule has 0 radical (unpaired) electrons. The van der Waals surface area contributed by atoms with E-state index >= 15 is 0 Å². The Kier molecular flexibility index (Phi) is 2.98. The molecule has 0 aliphatic carbocycles. The molecule has 94 valence electrons. The molecule has 1 saturated heterocycles. The maximum atomic E-state index is 12.1. The van der Waals surface area contributed by atoms with Gasteiger partial charge in [0.2, 0.25) is 0 Å². The maximum Gasteiger partial charge on any atom is 0.255 e. The monoisotopic (exact) mass is 244 g/mol. The quantitative estimate of drug-likeness (QED) is 0.834. The number of carbonyl (C=O) groups is 1.